The molecule has 0 spiro atoms. The lowest BCUT2D eigenvalue weighted by atomic mass is 10.1. The molecule has 1 N–H and O–H groups in total. The molecule has 0 saturated carbocycles. The topological polar surface area (TPSA) is 33.4 Å². The second kappa shape index (κ2) is 5.15. The Kier molecular flexibility index (Phi) is 3.52. The average molecular weight is 385 g/mol. The molecule has 0 aliphatic carbocycles. The van der Waals surface area contributed by atoms with Crippen LogP contribution in [0.5, 0.6) is 0 Å². The van der Waals surface area contributed by atoms with E-state index in [4.69, 9.17) is 16.0 Å². The van der Waals surface area contributed by atoms with E-state index in [-0.39, 0.29) is 0 Å². The minimum Gasteiger partial charge on any atom is -0.458 e. The minimum absolute atomic E-state index is 0.527. The number of hydrogen-bond donors (Lipinski definition) is 1. The van der Waals surface area contributed by atoms with Crippen LogP contribution < -0.4 is 0 Å². The predicted molar refractivity (Wildman–Crippen MR) is 84.4 cm³/mol. The zero-order chi connectivity index (χ0) is 13.4. The number of hydrogen-bond acceptors (Lipinski definition) is 2. The second-order valence-electron chi connectivity index (χ2n) is 4.29. The molecule has 96 valence electrons. The summed E-state index contributed by atoms with van der Waals surface area (Å²) in [6.45, 7) is 0. The molecule has 1 heterocycles. The summed E-state index contributed by atoms with van der Waals surface area (Å²) in [5.74, 6) is 0.527. The highest BCUT2D eigenvalue weighted by Crippen LogP contribution is 2.30. The maximum Gasteiger partial charge on any atom is 0.138 e. The zero-order valence-corrected chi connectivity index (χ0v) is 12.7. The summed E-state index contributed by atoms with van der Waals surface area (Å²) < 4.78 is 6.75. The summed E-state index contributed by atoms with van der Waals surface area (Å²) in [5, 5.41) is 11.9. The van der Waals surface area contributed by atoms with E-state index in [0.29, 0.717) is 10.8 Å². The lowest BCUT2D eigenvalue weighted by Gasteiger charge is -2.07. The van der Waals surface area contributed by atoms with Crippen molar-refractivity contribution in [1.29, 1.82) is 0 Å². The van der Waals surface area contributed by atoms with Crippen LogP contribution in [0.1, 0.15) is 17.4 Å². The van der Waals surface area contributed by atoms with Crippen molar-refractivity contribution in [3.63, 3.8) is 0 Å². The number of aliphatic hydroxyl groups excluding tert-OH is 1. The normalized spacial score (nSPS) is 12.8. The molecule has 1 atom stereocenters. The molecule has 19 heavy (non-hydrogen) atoms. The average Bonchev–Trinajstić information content (AvgIpc) is 2.80. The first-order valence-corrected chi connectivity index (χ1v) is 7.22. The molecule has 0 saturated heterocycles. The fourth-order valence-electron chi connectivity index (χ4n) is 2.01. The molecule has 0 bridgehead atoms. The number of rotatable bonds is 2. The maximum atomic E-state index is 10.4. The van der Waals surface area contributed by atoms with E-state index in [0.717, 1.165) is 20.1 Å². The summed E-state index contributed by atoms with van der Waals surface area (Å²) in [4.78, 5) is 0. The molecule has 2 nitrogen and oxygen atoms in total. The van der Waals surface area contributed by atoms with Crippen molar-refractivity contribution in [1.82, 2.24) is 0 Å². The van der Waals surface area contributed by atoms with Gasteiger partial charge in [0, 0.05) is 14.0 Å². The molecule has 1 aromatic heterocycles. The van der Waals surface area contributed by atoms with Crippen LogP contribution in [0.2, 0.25) is 5.02 Å². The molecule has 3 aromatic rings. The molecular weight excluding hydrogens is 375 g/mol. The first kappa shape index (κ1) is 13.0. The monoisotopic (exact) mass is 384 g/mol. The fourth-order valence-corrected chi connectivity index (χ4v) is 2.76. The molecule has 0 aliphatic rings. The number of benzene rings is 2. The van der Waals surface area contributed by atoms with Crippen LogP contribution in [0.25, 0.3) is 11.0 Å². The van der Waals surface area contributed by atoms with E-state index >= 15 is 0 Å². The van der Waals surface area contributed by atoms with Gasteiger partial charge in [0.05, 0.1) is 0 Å². The number of aliphatic hydroxyl groups is 1. The molecule has 0 fully saturated rings. The molecule has 0 aliphatic heterocycles. The third-order valence-corrected chi connectivity index (χ3v) is 3.84. The van der Waals surface area contributed by atoms with Crippen LogP contribution in [-0.2, 0) is 0 Å². The van der Waals surface area contributed by atoms with E-state index in [9.17, 15) is 5.11 Å². The Hall–Kier alpha value is -1.04. The number of furan rings is 1. The van der Waals surface area contributed by atoms with Gasteiger partial charge in [-0.3, -0.25) is 0 Å². The molecule has 0 radical (unpaired) electrons. The van der Waals surface area contributed by atoms with Gasteiger partial charge < -0.3 is 9.52 Å². The van der Waals surface area contributed by atoms with Crippen LogP contribution >= 0.6 is 34.2 Å². The highest BCUT2D eigenvalue weighted by Gasteiger charge is 2.15. The third kappa shape index (κ3) is 2.63. The standard InChI is InChI=1S/C15H10ClIO2/c16-11-4-5-13-10(6-11)8-14(19-13)15(18)9-2-1-3-12(17)7-9/h1-8,15,18H. The Morgan fingerprint density at radius 1 is 1.11 bits per heavy atom. The van der Waals surface area contributed by atoms with E-state index in [1.165, 1.54) is 0 Å². The van der Waals surface area contributed by atoms with Crippen molar-refractivity contribution in [2.24, 2.45) is 0 Å². The molecule has 2 aromatic carbocycles. The van der Waals surface area contributed by atoms with Crippen molar-refractivity contribution in [2.45, 2.75) is 6.10 Å². The summed E-state index contributed by atoms with van der Waals surface area (Å²) in [6, 6.07) is 14.9. The maximum absolute atomic E-state index is 10.4. The largest absolute Gasteiger partial charge is 0.458 e. The Bertz CT molecular complexity index is 736. The van der Waals surface area contributed by atoms with Crippen molar-refractivity contribution < 1.29 is 9.52 Å². The van der Waals surface area contributed by atoms with Crippen molar-refractivity contribution >= 4 is 45.2 Å². The predicted octanol–water partition coefficient (Wildman–Crippen LogP) is 4.77. The first-order chi connectivity index (χ1) is 9.13. The van der Waals surface area contributed by atoms with E-state index in [1.807, 2.05) is 42.5 Å². The molecule has 4 heteroatoms. The van der Waals surface area contributed by atoms with Gasteiger partial charge >= 0.3 is 0 Å². The van der Waals surface area contributed by atoms with Gasteiger partial charge in [-0.1, -0.05) is 23.7 Å². The van der Waals surface area contributed by atoms with Gasteiger partial charge in [0.25, 0.3) is 0 Å². The SMILES string of the molecule is OC(c1cccc(I)c1)c1cc2cc(Cl)ccc2o1. The molecular formula is C15H10ClIO2. The number of fused-ring (bicyclic) bond motifs is 1. The summed E-state index contributed by atoms with van der Waals surface area (Å²) in [5.41, 5.74) is 1.54. The Morgan fingerprint density at radius 3 is 2.74 bits per heavy atom. The van der Waals surface area contributed by atoms with Crippen LogP contribution in [0.3, 0.4) is 0 Å². The fraction of sp³-hybridized carbons (Fsp3) is 0.0667. The quantitative estimate of drug-likeness (QED) is 0.646. The summed E-state index contributed by atoms with van der Waals surface area (Å²) in [6.07, 6.45) is -0.763. The zero-order valence-electron chi connectivity index (χ0n) is 9.81. The van der Waals surface area contributed by atoms with Gasteiger partial charge in [-0.2, -0.15) is 0 Å². The second-order valence-corrected chi connectivity index (χ2v) is 5.97. The smallest absolute Gasteiger partial charge is 0.138 e. The van der Waals surface area contributed by atoms with Crippen molar-refractivity contribution in [3.05, 3.63) is 68.4 Å². The van der Waals surface area contributed by atoms with Gasteiger partial charge in [-0.15, -0.1) is 0 Å². The summed E-state index contributed by atoms with van der Waals surface area (Å²) >= 11 is 8.16. The number of halogens is 2. The third-order valence-electron chi connectivity index (χ3n) is 2.93. The van der Waals surface area contributed by atoms with Gasteiger partial charge in [0.1, 0.15) is 17.4 Å². The Labute approximate surface area is 129 Å². The van der Waals surface area contributed by atoms with Gasteiger partial charge in [-0.25, -0.2) is 0 Å². The molecule has 3 rings (SSSR count). The Morgan fingerprint density at radius 2 is 1.95 bits per heavy atom. The highest BCUT2D eigenvalue weighted by molar-refractivity contribution is 14.1. The minimum atomic E-state index is -0.763. The first-order valence-electron chi connectivity index (χ1n) is 5.76. The van der Waals surface area contributed by atoms with Gasteiger partial charge in [0.2, 0.25) is 0 Å². The van der Waals surface area contributed by atoms with E-state index < -0.39 is 6.10 Å². The van der Waals surface area contributed by atoms with E-state index in [2.05, 4.69) is 22.6 Å². The lowest BCUT2D eigenvalue weighted by molar-refractivity contribution is 0.192. The van der Waals surface area contributed by atoms with Crippen LogP contribution in [0, 0.1) is 3.57 Å². The Balaban J connectivity index is 2.04. The van der Waals surface area contributed by atoms with Crippen LogP contribution in [0.4, 0.5) is 0 Å². The van der Waals surface area contributed by atoms with E-state index in [1.54, 1.807) is 6.07 Å². The van der Waals surface area contributed by atoms with Crippen LogP contribution in [-0.4, -0.2) is 5.11 Å². The van der Waals surface area contributed by atoms with Gasteiger partial charge in [0.15, 0.2) is 0 Å². The molecule has 1 unspecified atom stereocenters. The van der Waals surface area contributed by atoms with Gasteiger partial charge in [-0.05, 0) is 64.6 Å². The van der Waals surface area contributed by atoms with Crippen molar-refractivity contribution in [2.75, 3.05) is 0 Å². The van der Waals surface area contributed by atoms with Crippen LogP contribution in [0.15, 0.2) is 52.9 Å². The molecule has 0 amide bonds. The highest BCUT2D eigenvalue weighted by atomic mass is 127. The lowest BCUT2D eigenvalue weighted by Crippen LogP contribution is -1.97. The summed E-state index contributed by atoms with van der Waals surface area (Å²) in [7, 11) is 0. The van der Waals surface area contributed by atoms with Crippen molar-refractivity contribution in [3.8, 4) is 0 Å².